The van der Waals surface area contributed by atoms with Crippen molar-refractivity contribution in [1.29, 1.82) is 0 Å². The summed E-state index contributed by atoms with van der Waals surface area (Å²) in [6.07, 6.45) is 1.85. The maximum atomic E-state index is 13.6. The number of carbonyl (C=O) groups excluding carboxylic acids is 2. The van der Waals surface area contributed by atoms with E-state index >= 15 is 0 Å². The van der Waals surface area contributed by atoms with Crippen molar-refractivity contribution in [3.63, 3.8) is 0 Å². The number of hydrogen-bond donors (Lipinski definition) is 2. The number of likely N-dealkylation sites (N-methyl/N-ethyl adjacent to an activating group) is 1. The Kier molecular flexibility index (Phi) is 7.69. The van der Waals surface area contributed by atoms with Crippen molar-refractivity contribution < 1.29 is 19.1 Å². The van der Waals surface area contributed by atoms with Crippen LogP contribution in [0.15, 0.2) is 72.5 Å². The number of Topliss-reactive ketones (excluding diaryl/α,β-unsaturated/α-hetero) is 1. The minimum atomic E-state index is -0.358. The highest BCUT2D eigenvalue weighted by Crippen LogP contribution is 2.40. The van der Waals surface area contributed by atoms with Crippen LogP contribution in [0.3, 0.4) is 0 Å². The number of fused-ring (bicyclic) bond motifs is 2. The molecule has 0 radical (unpaired) electrons. The summed E-state index contributed by atoms with van der Waals surface area (Å²) in [5.41, 5.74) is 4.96. The first-order chi connectivity index (χ1) is 20.4. The molecule has 2 N–H and O–H groups in total. The molecule has 2 aliphatic rings. The Bertz CT molecular complexity index is 1670. The van der Waals surface area contributed by atoms with Gasteiger partial charge in [-0.1, -0.05) is 30.3 Å². The lowest BCUT2D eigenvalue weighted by Gasteiger charge is -2.32. The lowest BCUT2D eigenvalue weighted by Crippen LogP contribution is -2.45. The van der Waals surface area contributed by atoms with Gasteiger partial charge in [0, 0.05) is 68.5 Å². The Morgan fingerprint density at radius 1 is 1.00 bits per heavy atom. The molecule has 9 heteroatoms. The first-order valence-electron chi connectivity index (χ1n) is 14.2. The van der Waals surface area contributed by atoms with Gasteiger partial charge in [-0.25, -0.2) is 4.79 Å². The summed E-state index contributed by atoms with van der Waals surface area (Å²) in [6, 6.07) is 21.1. The zero-order valence-electron chi connectivity index (χ0n) is 24.1. The Morgan fingerprint density at radius 2 is 1.79 bits per heavy atom. The first kappa shape index (κ1) is 27.6. The summed E-state index contributed by atoms with van der Waals surface area (Å²) >= 11 is 0. The maximum Gasteiger partial charge on any atom is 0.318 e. The number of rotatable bonds is 7. The number of carbonyl (C=O) groups is 2. The van der Waals surface area contributed by atoms with Crippen molar-refractivity contribution in [3.05, 3.63) is 83.6 Å². The predicted molar refractivity (Wildman–Crippen MR) is 165 cm³/mol. The number of nitrogens with zero attached hydrogens (tertiary/aromatic N) is 3. The maximum absolute atomic E-state index is 13.6. The third kappa shape index (κ3) is 5.36. The molecular formula is C33H35N5O4. The molecule has 0 aliphatic carbocycles. The van der Waals surface area contributed by atoms with Crippen molar-refractivity contribution in [2.75, 3.05) is 59.2 Å². The Morgan fingerprint density at radius 3 is 2.52 bits per heavy atom. The number of aromatic nitrogens is 1. The average Bonchev–Trinajstić information content (AvgIpc) is 3.50. The molecule has 1 fully saturated rings. The summed E-state index contributed by atoms with van der Waals surface area (Å²) in [7, 11) is 5.37. The minimum absolute atomic E-state index is 0.231. The van der Waals surface area contributed by atoms with Crippen LogP contribution in [-0.2, 0) is 6.54 Å². The summed E-state index contributed by atoms with van der Waals surface area (Å²) < 4.78 is 14.1. The SMILES string of the molecule is CNC(=O)Nc1ccc2c(c1)C(=O)/C(=C/c1c(-c3ccccc3)n(CCN3CCN(C)CC3)c3ccc(OC)cc13)O2. The monoisotopic (exact) mass is 565 g/mol. The Labute approximate surface area is 245 Å². The average molecular weight is 566 g/mol. The molecular weight excluding hydrogens is 530 g/mol. The molecule has 9 nitrogen and oxygen atoms in total. The van der Waals surface area contributed by atoms with Crippen LogP contribution < -0.4 is 20.1 Å². The number of piperazine rings is 1. The van der Waals surface area contributed by atoms with Crippen molar-refractivity contribution in [2.24, 2.45) is 0 Å². The summed E-state index contributed by atoms with van der Waals surface area (Å²) in [5.74, 6) is 1.21. The molecule has 1 aromatic heterocycles. The summed E-state index contributed by atoms with van der Waals surface area (Å²) in [4.78, 5) is 30.3. The van der Waals surface area contributed by atoms with Crippen molar-refractivity contribution in [2.45, 2.75) is 6.54 Å². The van der Waals surface area contributed by atoms with E-state index in [1.54, 1.807) is 32.4 Å². The van der Waals surface area contributed by atoms with Crippen LogP contribution in [-0.4, -0.2) is 80.1 Å². The van der Waals surface area contributed by atoms with Gasteiger partial charge >= 0.3 is 6.03 Å². The Balaban J connectivity index is 1.45. The topological polar surface area (TPSA) is 88.1 Å². The van der Waals surface area contributed by atoms with E-state index in [1.165, 1.54) is 0 Å². The molecule has 42 heavy (non-hydrogen) atoms. The number of anilines is 1. The molecule has 0 saturated carbocycles. The minimum Gasteiger partial charge on any atom is -0.497 e. The van der Waals surface area contributed by atoms with Gasteiger partial charge < -0.3 is 29.6 Å². The molecule has 0 atom stereocenters. The number of urea groups is 1. The summed E-state index contributed by atoms with van der Waals surface area (Å²) in [5, 5.41) is 6.22. The quantitative estimate of drug-likeness (QED) is 0.309. The van der Waals surface area contributed by atoms with E-state index < -0.39 is 0 Å². The number of amides is 2. The third-order valence-corrected chi connectivity index (χ3v) is 8.02. The number of ketones is 1. The number of ether oxygens (including phenoxy) is 2. The second kappa shape index (κ2) is 11.7. The normalized spacial score (nSPS) is 16.5. The van der Waals surface area contributed by atoms with E-state index in [-0.39, 0.29) is 17.6 Å². The van der Waals surface area contributed by atoms with Crippen molar-refractivity contribution in [3.8, 4) is 22.8 Å². The van der Waals surface area contributed by atoms with Gasteiger partial charge in [-0.2, -0.15) is 0 Å². The number of methoxy groups -OCH3 is 1. The molecule has 0 unspecified atom stereocenters. The van der Waals surface area contributed by atoms with Crippen LogP contribution in [0.2, 0.25) is 0 Å². The number of hydrogen-bond acceptors (Lipinski definition) is 6. The molecule has 2 aliphatic heterocycles. The van der Waals surface area contributed by atoms with E-state index in [1.807, 2.05) is 36.4 Å². The zero-order chi connectivity index (χ0) is 29.2. The van der Waals surface area contributed by atoms with Crippen LogP contribution in [0.4, 0.5) is 10.5 Å². The van der Waals surface area contributed by atoms with Crippen LogP contribution in [0, 0.1) is 0 Å². The van der Waals surface area contributed by atoms with Gasteiger partial charge in [-0.15, -0.1) is 0 Å². The van der Waals surface area contributed by atoms with E-state index in [0.717, 1.165) is 72.7 Å². The fourth-order valence-electron chi connectivity index (χ4n) is 5.68. The second-order valence-electron chi connectivity index (χ2n) is 10.7. The largest absolute Gasteiger partial charge is 0.497 e. The van der Waals surface area contributed by atoms with Gasteiger partial charge in [0.2, 0.25) is 5.78 Å². The highest BCUT2D eigenvalue weighted by Gasteiger charge is 2.29. The smallest absolute Gasteiger partial charge is 0.318 e. The molecule has 6 rings (SSSR count). The molecule has 2 amide bonds. The third-order valence-electron chi connectivity index (χ3n) is 8.02. The van der Waals surface area contributed by atoms with Gasteiger partial charge in [0.05, 0.1) is 18.4 Å². The fourth-order valence-corrected chi connectivity index (χ4v) is 5.68. The van der Waals surface area contributed by atoms with E-state index in [9.17, 15) is 9.59 Å². The number of nitrogens with one attached hydrogen (secondary N) is 2. The van der Waals surface area contributed by atoms with E-state index in [0.29, 0.717) is 17.0 Å². The van der Waals surface area contributed by atoms with Gasteiger partial charge in [0.15, 0.2) is 5.76 Å². The predicted octanol–water partition coefficient (Wildman–Crippen LogP) is 4.93. The van der Waals surface area contributed by atoms with Gasteiger partial charge in [0.25, 0.3) is 0 Å². The standard InChI is InChI=1S/C33H35N5O4/c1-34-33(40)35-23-9-12-29-27(19-23)32(39)30(42-29)21-26-25-20-24(41-3)10-11-28(25)38(31(26)22-7-5-4-6-8-22)18-17-37-15-13-36(2)14-16-37/h4-12,19-21H,13-18H2,1-3H3,(H2,34,35,40)/b30-21-. The molecule has 1 saturated heterocycles. The molecule has 3 heterocycles. The molecule has 216 valence electrons. The van der Waals surface area contributed by atoms with Crippen molar-refractivity contribution >= 4 is 34.5 Å². The van der Waals surface area contributed by atoms with Crippen LogP contribution in [0.25, 0.3) is 28.2 Å². The van der Waals surface area contributed by atoms with Gasteiger partial charge in [-0.05, 0) is 55.1 Å². The number of allylic oxidation sites excluding steroid dienone is 1. The summed E-state index contributed by atoms with van der Waals surface area (Å²) in [6.45, 7) is 5.92. The van der Waals surface area contributed by atoms with E-state index in [2.05, 4.69) is 50.2 Å². The van der Waals surface area contributed by atoms with Crippen LogP contribution in [0.5, 0.6) is 11.5 Å². The highest BCUT2D eigenvalue weighted by molar-refractivity contribution is 6.16. The zero-order valence-corrected chi connectivity index (χ0v) is 24.1. The number of benzene rings is 3. The molecule has 3 aromatic carbocycles. The molecule has 4 aromatic rings. The van der Waals surface area contributed by atoms with Gasteiger partial charge in [-0.3, -0.25) is 9.69 Å². The lowest BCUT2D eigenvalue weighted by atomic mass is 10.0. The molecule has 0 spiro atoms. The van der Waals surface area contributed by atoms with Crippen LogP contribution >= 0.6 is 0 Å². The fraction of sp³-hybridized carbons (Fsp3) is 0.273. The second-order valence-corrected chi connectivity index (χ2v) is 10.7. The molecule has 0 bridgehead atoms. The van der Waals surface area contributed by atoms with Crippen LogP contribution in [0.1, 0.15) is 15.9 Å². The Hall–Kier alpha value is -4.60. The van der Waals surface area contributed by atoms with Gasteiger partial charge in [0.1, 0.15) is 11.5 Å². The highest BCUT2D eigenvalue weighted by atomic mass is 16.5. The first-order valence-corrected chi connectivity index (χ1v) is 14.2. The lowest BCUT2D eigenvalue weighted by molar-refractivity contribution is 0.101. The van der Waals surface area contributed by atoms with E-state index in [4.69, 9.17) is 9.47 Å². The van der Waals surface area contributed by atoms with Crippen molar-refractivity contribution in [1.82, 2.24) is 19.7 Å².